The number of hydrogen-bond donors (Lipinski definition) is 2. The van der Waals surface area contributed by atoms with E-state index >= 15 is 0 Å². The molecule has 4 aromatic rings. The van der Waals surface area contributed by atoms with E-state index in [0.717, 1.165) is 47.7 Å². The predicted molar refractivity (Wildman–Crippen MR) is 134 cm³/mol. The summed E-state index contributed by atoms with van der Waals surface area (Å²) in [6.07, 6.45) is -3.66. The molecule has 0 fully saturated rings. The summed E-state index contributed by atoms with van der Waals surface area (Å²) >= 11 is 0. The Morgan fingerprint density at radius 1 is 0.857 bits per heavy atom. The van der Waals surface area contributed by atoms with E-state index in [1.54, 1.807) is 6.07 Å². The molecule has 0 saturated carbocycles. The van der Waals surface area contributed by atoms with Gasteiger partial charge in [-0.05, 0) is 55.3 Å². The monoisotopic (exact) mass is 477 g/mol. The number of amides is 1. The summed E-state index contributed by atoms with van der Waals surface area (Å²) in [5.74, 6) is -0.444. The fourth-order valence-corrected chi connectivity index (χ4v) is 4.01. The average molecular weight is 478 g/mol. The molecule has 3 aromatic carbocycles. The van der Waals surface area contributed by atoms with Gasteiger partial charge in [0.15, 0.2) is 0 Å². The van der Waals surface area contributed by atoms with Crippen molar-refractivity contribution in [3.63, 3.8) is 0 Å². The number of aromatic nitrogens is 1. The highest BCUT2D eigenvalue weighted by Gasteiger charge is 2.30. The van der Waals surface area contributed by atoms with Gasteiger partial charge in [-0.1, -0.05) is 54.6 Å². The number of para-hydroxylation sites is 1. The average Bonchev–Trinajstić information content (AvgIpc) is 3.19. The molecule has 1 amide bonds. The van der Waals surface area contributed by atoms with Gasteiger partial charge < -0.3 is 15.2 Å². The fraction of sp³-hybridized carbons (Fsp3) is 0.179. The maximum Gasteiger partial charge on any atom is 0.416 e. The first-order valence-corrected chi connectivity index (χ1v) is 11.4. The van der Waals surface area contributed by atoms with Crippen molar-refractivity contribution in [3.8, 4) is 11.3 Å². The topological polar surface area (TPSA) is 46.1 Å². The van der Waals surface area contributed by atoms with Gasteiger partial charge >= 0.3 is 6.18 Å². The number of anilines is 2. The summed E-state index contributed by atoms with van der Waals surface area (Å²) in [5, 5.41) is 6.02. The largest absolute Gasteiger partial charge is 0.416 e. The van der Waals surface area contributed by atoms with Crippen LogP contribution < -0.4 is 10.6 Å². The molecular weight excluding hydrogens is 451 g/mol. The minimum Gasteiger partial charge on any atom is -0.385 e. The highest BCUT2D eigenvalue weighted by molar-refractivity contribution is 6.06. The lowest BCUT2D eigenvalue weighted by atomic mass is 10.1. The van der Waals surface area contributed by atoms with Gasteiger partial charge in [-0.25, -0.2) is 0 Å². The first-order chi connectivity index (χ1) is 16.8. The Morgan fingerprint density at radius 3 is 2.20 bits per heavy atom. The summed E-state index contributed by atoms with van der Waals surface area (Å²) < 4.78 is 41.3. The predicted octanol–water partition coefficient (Wildman–Crippen LogP) is 7.24. The van der Waals surface area contributed by atoms with E-state index in [9.17, 15) is 18.0 Å². The highest BCUT2D eigenvalue weighted by Crippen LogP contribution is 2.31. The van der Waals surface area contributed by atoms with Gasteiger partial charge in [0.2, 0.25) is 0 Å². The Hall–Kier alpha value is -4.00. The SMILES string of the molecule is Cc1c(C(=O)Nc2cccc(C(F)(F)F)c2)cc(-c2ccccc2)n1CCCNc1ccccc1. The van der Waals surface area contributed by atoms with Crippen LogP contribution >= 0.6 is 0 Å². The summed E-state index contributed by atoms with van der Waals surface area (Å²) in [6.45, 7) is 3.28. The van der Waals surface area contributed by atoms with Crippen molar-refractivity contribution in [2.75, 3.05) is 17.2 Å². The van der Waals surface area contributed by atoms with Crippen molar-refractivity contribution in [2.24, 2.45) is 0 Å². The molecule has 0 aliphatic heterocycles. The lowest BCUT2D eigenvalue weighted by Crippen LogP contribution is -2.15. The number of alkyl halides is 3. The number of benzene rings is 3. The van der Waals surface area contributed by atoms with Gasteiger partial charge in [-0.2, -0.15) is 13.2 Å². The lowest BCUT2D eigenvalue weighted by Gasteiger charge is -2.13. The van der Waals surface area contributed by atoms with E-state index in [2.05, 4.69) is 15.2 Å². The van der Waals surface area contributed by atoms with Crippen LogP contribution in [0, 0.1) is 6.92 Å². The quantitative estimate of drug-likeness (QED) is 0.263. The summed E-state index contributed by atoms with van der Waals surface area (Å²) in [7, 11) is 0. The Labute approximate surface area is 202 Å². The highest BCUT2D eigenvalue weighted by atomic mass is 19.4. The summed E-state index contributed by atoms with van der Waals surface area (Å²) in [6, 6.07) is 26.1. The molecule has 4 rings (SSSR count). The molecule has 0 radical (unpaired) electrons. The first kappa shape index (κ1) is 24.1. The molecule has 1 aromatic heterocycles. The van der Waals surface area contributed by atoms with Crippen LogP contribution in [0.25, 0.3) is 11.3 Å². The molecule has 0 atom stereocenters. The minimum absolute atomic E-state index is 0.102. The number of carbonyl (C=O) groups is 1. The van der Waals surface area contributed by atoms with Gasteiger partial charge in [0.05, 0.1) is 11.1 Å². The van der Waals surface area contributed by atoms with Crippen LogP contribution in [-0.2, 0) is 12.7 Å². The molecule has 0 spiro atoms. The zero-order valence-corrected chi connectivity index (χ0v) is 19.3. The molecule has 2 N–H and O–H groups in total. The molecule has 7 heteroatoms. The van der Waals surface area contributed by atoms with Crippen molar-refractivity contribution in [1.29, 1.82) is 0 Å². The molecule has 4 nitrogen and oxygen atoms in total. The van der Waals surface area contributed by atoms with Crippen LogP contribution in [0.2, 0.25) is 0 Å². The number of hydrogen-bond acceptors (Lipinski definition) is 2. The molecule has 35 heavy (non-hydrogen) atoms. The van der Waals surface area contributed by atoms with Crippen LogP contribution in [0.15, 0.2) is 91.0 Å². The number of rotatable bonds is 8. The third-order valence-electron chi connectivity index (χ3n) is 5.79. The zero-order chi connectivity index (χ0) is 24.8. The second-order valence-electron chi connectivity index (χ2n) is 8.23. The van der Waals surface area contributed by atoms with E-state index in [0.29, 0.717) is 12.1 Å². The smallest absolute Gasteiger partial charge is 0.385 e. The molecule has 180 valence electrons. The van der Waals surface area contributed by atoms with Crippen molar-refractivity contribution in [2.45, 2.75) is 26.1 Å². The Kier molecular flexibility index (Phi) is 7.25. The number of carbonyl (C=O) groups excluding carboxylic acids is 1. The molecule has 0 saturated heterocycles. The van der Waals surface area contributed by atoms with Crippen LogP contribution in [-0.4, -0.2) is 17.0 Å². The number of halogens is 3. The second kappa shape index (κ2) is 10.5. The first-order valence-electron chi connectivity index (χ1n) is 11.4. The van der Waals surface area contributed by atoms with E-state index in [1.807, 2.05) is 67.6 Å². The summed E-state index contributed by atoms with van der Waals surface area (Å²) in [5.41, 5.74) is 3.37. The van der Waals surface area contributed by atoms with E-state index in [1.165, 1.54) is 12.1 Å². The minimum atomic E-state index is -4.48. The molecule has 1 heterocycles. The zero-order valence-electron chi connectivity index (χ0n) is 19.3. The van der Waals surface area contributed by atoms with Crippen LogP contribution in [0.1, 0.15) is 28.0 Å². The van der Waals surface area contributed by atoms with Gasteiger partial charge in [-0.3, -0.25) is 4.79 Å². The number of nitrogens with one attached hydrogen (secondary N) is 2. The normalized spacial score (nSPS) is 11.3. The van der Waals surface area contributed by atoms with Crippen molar-refractivity contribution >= 4 is 17.3 Å². The van der Waals surface area contributed by atoms with Gasteiger partial charge in [0, 0.05) is 35.9 Å². The van der Waals surface area contributed by atoms with Crippen molar-refractivity contribution in [3.05, 3.63) is 108 Å². The van der Waals surface area contributed by atoms with Crippen LogP contribution in [0.3, 0.4) is 0 Å². The molecular formula is C28H26F3N3O. The second-order valence-corrected chi connectivity index (χ2v) is 8.23. The molecule has 0 aliphatic rings. The Bertz CT molecular complexity index is 1280. The summed E-state index contributed by atoms with van der Waals surface area (Å²) in [4.78, 5) is 13.1. The van der Waals surface area contributed by atoms with Crippen molar-refractivity contribution < 1.29 is 18.0 Å². The maximum absolute atomic E-state index is 13.1. The lowest BCUT2D eigenvalue weighted by molar-refractivity contribution is -0.137. The van der Waals surface area contributed by atoms with Gasteiger partial charge in [0.1, 0.15) is 0 Å². The third-order valence-corrected chi connectivity index (χ3v) is 5.79. The Morgan fingerprint density at radius 2 is 1.51 bits per heavy atom. The van der Waals surface area contributed by atoms with E-state index < -0.39 is 17.6 Å². The van der Waals surface area contributed by atoms with E-state index in [4.69, 9.17) is 0 Å². The van der Waals surface area contributed by atoms with Gasteiger partial charge in [-0.15, -0.1) is 0 Å². The molecule has 0 aliphatic carbocycles. The molecule has 0 unspecified atom stereocenters. The van der Waals surface area contributed by atoms with Crippen LogP contribution in [0.5, 0.6) is 0 Å². The maximum atomic E-state index is 13.1. The standard InChI is InChI=1S/C28H26F3N3O/c1-20-25(27(35)33-24-15-8-12-22(18-24)28(29,30)31)19-26(21-10-4-2-5-11-21)34(20)17-9-16-32-23-13-6-3-7-14-23/h2-8,10-15,18-19,32H,9,16-17H2,1H3,(H,33,35). The molecule has 0 bridgehead atoms. The fourth-order valence-electron chi connectivity index (χ4n) is 4.01. The van der Waals surface area contributed by atoms with Crippen LogP contribution in [0.4, 0.5) is 24.5 Å². The van der Waals surface area contributed by atoms with Crippen molar-refractivity contribution in [1.82, 2.24) is 4.57 Å². The van der Waals surface area contributed by atoms with E-state index in [-0.39, 0.29) is 5.69 Å². The Balaban J connectivity index is 1.55. The number of nitrogens with zero attached hydrogens (tertiary/aromatic N) is 1. The van der Waals surface area contributed by atoms with Gasteiger partial charge in [0.25, 0.3) is 5.91 Å². The third kappa shape index (κ3) is 5.93.